The summed E-state index contributed by atoms with van der Waals surface area (Å²) in [5.41, 5.74) is -1.88. The molecule has 1 amide bonds. The number of carbonyl (C=O) groups is 3. The van der Waals surface area contributed by atoms with E-state index in [9.17, 15) is 39.9 Å². The third kappa shape index (κ3) is 9.35. The summed E-state index contributed by atoms with van der Waals surface area (Å²) in [6.07, 6.45) is 6.82. The van der Waals surface area contributed by atoms with E-state index in [1.807, 2.05) is 38.7 Å². The lowest BCUT2D eigenvalue weighted by molar-refractivity contribution is -0.236. The number of esters is 1. The number of ketones is 1. The Kier molecular flexibility index (Phi) is 15.2. The average Bonchev–Trinajstić information content (AvgIpc) is 3.48. The van der Waals surface area contributed by atoms with Crippen LogP contribution in [0.5, 0.6) is 0 Å². The molecule has 6 aliphatic rings. The van der Waals surface area contributed by atoms with Crippen LogP contribution in [0.1, 0.15) is 132 Å². The van der Waals surface area contributed by atoms with Crippen LogP contribution < -0.4 is 5.32 Å². The summed E-state index contributed by atoms with van der Waals surface area (Å²) in [7, 11) is 0. The monoisotopic (exact) mass is 845 g/mol. The molecule has 3 unspecified atom stereocenters. The molecule has 2 heterocycles. The van der Waals surface area contributed by atoms with Crippen LogP contribution in [0.15, 0.2) is 23.8 Å². The molecular weight excluding hydrogens is 769 g/mol. The lowest BCUT2D eigenvalue weighted by Crippen LogP contribution is -2.63. The number of nitrogens with one attached hydrogen (secondary N) is 1. The van der Waals surface area contributed by atoms with E-state index in [1.165, 1.54) is 0 Å². The van der Waals surface area contributed by atoms with Crippen molar-refractivity contribution in [2.75, 3.05) is 19.6 Å². The molecular formula is C47H76N2O11. The van der Waals surface area contributed by atoms with Crippen molar-refractivity contribution in [3.63, 3.8) is 0 Å². The van der Waals surface area contributed by atoms with Gasteiger partial charge in [-0.05, 0) is 121 Å². The van der Waals surface area contributed by atoms with Crippen molar-refractivity contribution >= 4 is 17.7 Å². The van der Waals surface area contributed by atoms with Crippen LogP contribution in [0.25, 0.3) is 0 Å². The molecule has 60 heavy (non-hydrogen) atoms. The summed E-state index contributed by atoms with van der Waals surface area (Å²) in [5.74, 6) is -1.59. The van der Waals surface area contributed by atoms with Gasteiger partial charge in [-0.25, -0.2) is 0 Å². The molecule has 0 aromatic heterocycles. The number of allylic oxidation sites excluding steroid dienone is 4. The molecule has 0 aromatic rings. The van der Waals surface area contributed by atoms with Gasteiger partial charge in [0.25, 0.3) is 5.91 Å². The van der Waals surface area contributed by atoms with Gasteiger partial charge < -0.3 is 45.1 Å². The maximum absolute atomic E-state index is 14.1. The van der Waals surface area contributed by atoms with E-state index in [0.29, 0.717) is 70.9 Å². The molecule has 0 aromatic carbocycles. The van der Waals surface area contributed by atoms with Crippen LogP contribution >= 0.6 is 0 Å². The van der Waals surface area contributed by atoms with Gasteiger partial charge in [-0.3, -0.25) is 19.3 Å². The minimum Gasteiger partial charge on any atom is -0.459 e. The van der Waals surface area contributed by atoms with E-state index in [1.54, 1.807) is 19.9 Å². The van der Waals surface area contributed by atoms with Crippen LogP contribution in [0.2, 0.25) is 0 Å². The third-order valence-corrected chi connectivity index (χ3v) is 16.1. The van der Waals surface area contributed by atoms with E-state index in [4.69, 9.17) is 14.2 Å². The Hall–Kier alpha value is -2.23. The molecule has 2 saturated carbocycles. The van der Waals surface area contributed by atoms with Crippen molar-refractivity contribution < 1.29 is 54.1 Å². The Morgan fingerprint density at radius 1 is 1.00 bits per heavy atom. The number of aliphatic hydroxyl groups excluding tert-OH is 4. The average molecular weight is 845 g/mol. The molecule has 340 valence electrons. The first-order valence-corrected chi connectivity index (χ1v) is 23.2. The van der Waals surface area contributed by atoms with Crippen LogP contribution in [-0.4, -0.2) is 128 Å². The van der Waals surface area contributed by atoms with Gasteiger partial charge in [0.2, 0.25) is 0 Å². The first kappa shape index (κ1) is 47.3. The summed E-state index contributed by atoms with van der Waals surface area (Å²) in [4.78, 5) is 41.7. The number of hydrogen-bond acceptors (Lipinski definition) is 12. The van der Waals surface area contributed by atoms with Gasteiger partial charge in [-0.1, -0.05) is 52.3 Å². The van der Waals surface area contributed by atoms with Crippen molar-refractivity contribution in [1.82, 2.24) is 10.2 Å². The number of carbonyl (C=O) groups excluding carboxylic acids is 3. The fourth-order valence-electron chi connectivity index (χ4n) is 12.4. The van der Waals surface area contributed by atoms with Gasteiger partial charge in [0.15, 0.2) is 12.1 Å². The van der Waals surface area contributed by atoms with E-state index in [0.717, 1.165) is 24.8 Å². The highest BCUT2D eigenvalue weighted by atomic mass is 16.7. The van der Waals surface area contributed by atoms with Crippen molar-refractivity contribution in [2.24, 2.45) is 40.4 Å². The SMILES string of the molecule is CC[C@H]1OC(=O)[C@H](C)C[C@H](C)[C@@H](O[C@H]2CCC[C@@H](C)O2)[C@H](O)CCCN(CCCNC(=O)[C@@]2(O)CCC3C4CC=C5CC(=O)C=C[C@]5(C)C4[C@@H](O)C[C@@]32C)[C@H](C)[C@@H](O)[C@@H]1O. The second-order valence-electron chi connectivity index (χ2n) is 20.1. The highest BCUT2D eigenvalue weighted by Crippen LogP contribution is 2.66. The molecule has 2 aliphatic heterocycles. The number of nitrogens with zero attached hydrogens (tertiary/aromatic N) is 1. The molecule has 2 saturated heterocycles. The summed E-state index contributed by atoms with van der Waals surface area (Å²) < 4.78 is 18.4. The Bertz CT molecular complexity index is 1590. The number of rotatable bonds is 8. The van der Waals surface area contributed by atoms with Gasteiger partial charge >= 0.3 is 5.97 Å². The second-order valence-corrected chi connectivity index (χ2v) is 20.1. The highest BCUT2D eigenvalue weighted by molar-refractivity contribution is 5.93. The fraction of sp³-hybridized carbons (Fsp3) is 0.851. The zero-order chi connectivity index (χ0) is 43.7. The molecule has 6 rings (SSSR count). The Balaban J connectivity index is 1.12. The number of hydrogen-bond donors (Lipinski definition) is 6. The van der Waals surface area contributed by atoms with Crippen LogP contribution in [0.3, 0.4) is 0 Å². The normalized spacial score (nSPS) is 45.9. The lowest BCUT2D eigenvalue weighted by Gasteiger charge is -2.58. The van der Waals surface area contributed by atoms with Crippen LogP contribution in [0.4, 0.5) is 0 Å². The predicted molar refractivity (Wildman–Crippen MR) is 225 cm³/mol. The highest BCUT2D eigenvalue weighted by Gasteiger charge is 2.68. The molecule has 0 radical (unpaired) electrons. The van der Waals surface area contributed by atoms with E-state index < -0.39 is 83.2 Å². The summed E-state index contributed by atoms with van der Waals surface area (Å²) >= 11 is 0. The van der Waals surface area contributed by atoms with Crippen molar-refractivity contribution in [3.8, 4) is 0 Å². The largest absolute Gasteiger partial charge is 0.459 e. The quantitative estimate of drug-likeness (QED) is 0.115. The molecule has 13 nitrogen and oxygen atoms in total. The molecule has 4 fully saturated rings. The van der Waals surface area contributed by atoms with Crippen molar-refractivity contribution in [1.29, 1.82) is 0 Å². The van der Waals surface area contributed by atoms with Crippen LogP contribution in [-0.2, 0) is 28.6 Å². The van der Waals surface area contributed by atoms with Gasteiger partial charge in [-0.15, -0.1) is 0 Å². The Labute approximate surface area is 357 Å². The first-order chi connectivity index (χ1) is 28.3. The summed E-state index contributed by atoms with van der Waals surface area (Å²) in [6.45, 7) is 14.6. The molecule has 6 N–H and O–H groups in total. The molecule has 13 heteroatoms. The Morgan fingerprint density at radius 2 is 1.75 bits per heavy atom. The van der Waals surface area contributed by atoms with Crippen molar-refractivity contribution in [3.05, 3.63) is 23.8 Å². The maximum Gasteiger partial charge on any atom is 0.309 e. The molecule has 17 atom stereocenters. The molecule has 0 bridgehead atoms. The third-order valence-electron chi connectivity index (χ3n) is 16.1. The molecule has 0 spiro atoms. The van der Waals surface area contributed by atoms with E-state index in [-0.39, 0.29) is 48.5 Å². The minimum absolute atomic E-state index is 0.0210. The zero-order valence-corrected chi connectivity index (χ0v) is 37.3. The van der Waals surface area contributed by atoms with Crippen molar-refractivity contribution in [2.45, 2.75) is 193 Å². The number of fused-ring (bicyclic) bond motifs is 5. The summed E-state index contributed by atoms with van der Waals surface area (Å²) in [5, 5.41) is 61.6. The maximum atomic E-state index is 14.1. The topological polar surface area (TPSA) is 195 Å². The van der Waals surface area contributed by atoms with E-state index >= 15 is 0 Å². The number of cyclic esters (lactones) is 1. The number of amides is 1. The predicted octanol–water partition coefficient (Wildman–Crippen LogP) is 4.35. The molecule has 4 aliphatic carbocycles. The van der Waals surface area contributed by atoms with Gasteiger partial charge in [0.05, 0.1) is 36.4 Å². The Morgan fingerprint density at radius 3 is 2.47 bits per heavy atom. The van der Waals surface area contributed by atoms with Crippen LogP contribution in [0, 0.1) is 40.4 Å². The minimum atomic E-state index is -1.67. The second kappa shape index (κ2) is 19.3. The van der Waals surface area contributed by atoms with E-state index in [2.05, 4.69) is 18.3 Å². The van der Waals surface area contributed by atoms with Gasteiger partial charge in [0, 0.05) is 42.3 Å². The van der Waals surface area contributed by atoms with Gasteiger partial charge in [0.1, 0.15) is 17.8 Å². The number of ether oxygens (including phenoxy) is 3. The lowest BCUT2D eigenvalue weighted by atomic mass is 9.47. The number of aliphatic hydroxyl groups is 5. The smallest absolute Gasteiger partial charge is 0.309 e. The standard InChI is InChI=1S/C47H76N2O11/c1-8-37-41(54)40(53)30(5)49(22-10-13-35(51)42(27(2)24-28(3)43(55)59-37)60-38-14-9-12-29(4)58-38)23-11-21-48-44(56)47(57)20-18-34-33-16-15-31-25-32(50)17-19-45(31,6)39(33)36(52)26-46(34,47)7/h15,17,19,27-30,33-42,51-54,57H,8-14,16,18,20-26H2,1-7H3,(H,48,56)/t27-,28+,29+,30+,33?,34?,35+,36-,37+,38-,39?,40+,41+,42+,45-,46-,47-/m0/s1. The van der Waals surface area contributed by atoms with Gasteiger partial charge in [-0.2, -0.15) is 0 Å². The fourth-order valence-corrected chi connectivity index (χ4v) is 12.4. The first-order valence-electron chi connectivity index (χ1n) is 23.2. The zero-order valence-electron chi connectivity index (χ0n) is 37.3. The summed E-state index contributed by atoms with van der Waals surface area (Å²) in [6, 6.07) is -0.564.